The van der Waals surface area contributed by atoms with Crippen LogP contribution in [0.5, 0.6) is 0 Å². The van der Waals surface area contributed by atoms with Gasteiger partial charge in [0.05, 0.1) is 5.56 Å². The van der Waals surface area contributed by atoms with E-state index in [-0.39, 0.29) is 17.6 Å². The zero-order valence-corrected chi connectivity index (χ0v) is 11.7. The zero-order chi connectivity index (χ0) is 15.8. The molecule has 1 amide bonds. The van der Waals surface area contributed by atoms with Crippen LogP contribution in [0.1, 0.15) is 29.8 Å². The molecule has 0 bridgehead atoms. The number of hydrogen-bond donors (Lipinski definition) is 1. The van der Waals surface area contributed by atoms with E-state index >= 15 is 0 Å². The number of halogens is 4. The first-order valence-electron chi connectivity index (χ1n) is 6.60. The summed E-state index contributed by atoms with van der Waals surface area (Å²) in [6.07, 6.45) is -4.82. The van der Waals surface area contributed by atoms with Gasteiger partial charge < -0.3 is 10.2 Å². The van der Waals surface area contributed by atoms with E-state index in [0.717, 1.165) is 6.07 Å². The molecule has 0 aromatic heterocycles. The van der Waals surface area contributed by atoms with Gasteiger partial charge in [0.1, 0.15) is 5.82 Å². The summed E-state index contributed by atoms with van der Waals surface area (Å²) in [5.41, 5.74) is -1.56. The predicted octanol–water partition coefficient (Wildman–Crippen LogP) is 2.67. The number of amides is 1. The van der Waals surface area contributed by atoms with E-state index in [4.69, 9.17) is 0 Å². The standard InChI is InChI=1S/C14H16F4N2O/c1-8-6-20(7-9(2)19-8)13(21)10-3-4-12(15)11(5-10)14(16,17)18/h3-5,8-9,19H,6-7H2,1-2H3/t8-,9+. The zero-order valence-electron chi connectivity index (χ0n) is 11.7. The summed E-state index contributed by atoms with van der Waals surface area (Å²) in [5, 5.41) is 3.23. The van der Waals surface area contributed by atoms with Gasteiger partial charge in [0.15, 0.2) is 0 Å². The highest BCUT2D eigenvalue weighted by molar-refractivity contribution is 5.94. The second-order valence-electron chi connectivity index (χ2n) is 5.37. The Hall–Kier alpha value is -1.63. The molecule has 1 aromatic rings. The van der Waals surface area contributed by atoms with Crippen molar-refractivity contribution in [1.82, 2.24) is 10.2 Å². The molecular formula is C14H16F4N2O. The lowest BCUT2D eigenvalue weighted by atomic mass is 10.1. The van der Waals surface area contributed by atoms with Crippen molar-refractivity contribution < 1.29 is 22.4 Å². The lowest BCUT2D eigenvalue weighted by Crippen LogP contribution is -2.55. The maximum atomic E-state index is 13.2. The fourth-order valence-electron chi connectivity index (χ4n) is 2.55. The number of alkyl halides is 3. The molecule has 0 unspecified atom stereocenters. The molecule has 0 saturated carbocycles. The first-order chi connectivity index (χ1) is 9.68. The molecule has 2 rings (SSSR count). The van der Waals surface area contributed by atoms with Crippen LogP contribution < -0.4 is 5.32 Å². The van der Waals surface area contributed by atoms with Gasteiger partial charge in [-0.3, -0.25) is 4.79 Å². The van der Waals surface area contributed by atoms with Crippen molar-refractivity contribution in [2.24, 2.45) is 0 Å². The Kier molecular flexibility index (Phi) is 4.22. The molecule has 7 heteroatoms. The van der Waals surface area contributed by atoms with Crippen LogP contribution in [0.15, 0.2) is 18.2 Å². The predicted molar refractivity (Wildman–Crippen MR) is 69.4 cm³/mol. The molecule has 1 aromatic carbocycles. The fraction of sp³-hybridized carbons (Fsp3) is 0.500. The van der Waals surface area contributed by atoms with Gasteiger partial charge in [0.25, 0.3) is 5.91 Å². The summed E-state index contributed by atoms with van der Waals surface area (Å²) in [6.45, 7) is 4.59. The summed E-state index contributed by atoms with van der Waals surface area (Å²) in [5.74, 6) is -1.89. The molecule has 1 aliphatic heterocycles. The second-order valence-corrected chi connectivity index (χ2v) is 5.37. The lowest BCUT2D eigenvalue weighted by Gasteiger charge is -2.36. The van der Waals surface area contributed by atoms with Crippen molar-refractivity contribution in [3.8, 4) is 0 Å². The first-order valence-corrected chi connectivity index (χ1v) is 6.60. The van der Waals surface area contributed by atoms with Crippen LogP contribution in [0.4, 0.5) is 17.6 Å². The van der Waals surface area contributed by atoms with Crippen LogP contribution in [0.2, 0.25) is 0 Å². The number of nitrogens with zero attached hydrogens (tertiary/aromatic N) is 1. The van der Waals surface area contributed by atoms with Gasteiger partial charge in [-0.15, -0.1) is 0 Å². The number of nitrogens with one attached hydrogen (secondary N) is 1. The van der Waals surface area contributed by atoms with E-state index in [9.17, 15) is 22.4 Å². The monoisotopic (exact) mass is 304 g/mol. The third kappa shape index (κ3) is 3.53. The Bertz CT molecular complexity index is 534. The van der Waals surface area contributed by atoms with Crippen molar-refractivity contribution >= 4 is 5.91 Å². The summed E-state index contributed by atoms with van der Waals surface area (Å²) in [6, 6.07) is 2.46. The highest BCUT2D eigenvalue weighted by Crippen LogP contribution is 2.32. The van der Waals surface area contributed by atoms with Crippen LogP contribution in [0, 0.1) is 5.82 Å². The highest BCUT2D eigenvalue weighted by Gasteiger charge is 2.35. The summed E-state index contributed by atoms with van der Waals surface area (Å²) < 4.78 is 51.3. The SMILES string of the molecule is C[C@@H]1CN(C(=O)c2ccc(F)c(C(F)(F)F)c2)C[C@H](C)N1. The maximum Gasteiger partial charge on any atom is 0.419 e. The molecule has 0 aliphatic carbocycles. The maximum absolute atomic E-state index is 13.2. The first kappa shape index (κ1) is 15.8. The quantitative estimate of drug-likeness (QED) is 0.809. The number of rotatable bonds is 1. The molecule has 21 heavy (non-hydrogen) atoms. The molecule has 1 aliphatic rings. The highest BCUT2D eigenvalue weighted by atomic mass is 19.4. The second kappa shape index (κ2) is 5.63. The summed E-state index contributed by atoms with van der Waals surface area (Å²) in [4.78, 5) is 13.8. The number of carbonyl (C=O) groups excluding carboxylic acids is 1. The third-order valence-electron chi connectivity index (χ3n) is 3.36. The number of piperazine rings is 1. The van der Waals surface area contributed by atoms with Crippen LogP contribution in [-0.2, 0) is 6.18 Å². The Morgan fingerprint density at radius 1 is 1.24 bits per heavy atom. The van der Waals surface area contributed by atoms with Gasteiger partial charge in [-0.05, 0) is 32.0 Å². The van der Waals surface area contributed by atoms with Crippen LogP contribution in [0.3, 0.4) is 0 Å². The molecule has 0 radical (unpaired) electrons. The molecule has 116 valence electrons. The smallest absolute Gasteiger partial charge is 0.336 e. The Balaban J connectivity index is 2.27. The van der Waals surface area contributed by atoms with E-state index in [1.54, 1.807) is 0 Å². The van der Waals surface area contributed by atoms with Gasteiger partial charge >= 0.3 is 6.18 Å². The summed E-state index contributed by atoms with van der Waals surface area (Å²) in [7, 11) is 0. The molecule has 1 heterocycles. The average Bonchev–Trinajstić information content (AvgIpc) is 2.36. The number of benzene rings is 1. The molecule has 1 fully saturated rings. The van der Waals surface area contributed by atoms with Crippen LogP contribution in [0.25, 0.3) is 0 Å². The minimum Gasteiger partial charge on any atom is -0.336 e. The van der Waals surface area contributed by atoms with E-state index in [0.29, 0.717) is 25.2 Å². The Labute approximate surface area is 119 Å². The van der Waals surface area contributed by atoms with Crippen molar-refractivity contribution in [2.75, 3.05) is 13.1 Å². The normalized spacial score (nSPS) is 23.2. The minimum absolute atomic E-state index is 0.0558. The lowest BCUT2D eigenvalue weighted by molar-refractivity contribution is -0.140. The van der Waals surface area contributed by atoms with E-state index in [2.05, 4.69) is 5.32 Å². The van der Waals surface area contributed by atoms with Gasteiger partial charge in [-0.25, -0.2) is 4.39 Å². The van der Waals surface area contributed by atoms with E-state index in [1.165, 1.54) is 4.90 Å². The van der Waals surface area contributed by atoms with E-state index < -0.39 is 23.5 Å². The minimum atomic E-state index is -4.82. The van der Waals surface area contributed by atoms with Crippen molar-refractivity contribution in [1.29, 1.82) is 0 Å². The molecule has 3 nitrogen and oxygen atoms in total. The van der Waals surface area contributed by atoms with Crippen molar-refractivity contribution in [3.63, 3.8) is 0 Å². The van der Waals surface area contributed by atoms with Crippen molar-refractivity contribution in [2.45, 2.75) is 32.1 Å². The molecule has 0 spiro atoms. The molecule has 1 N–H and O–H groups in total. The Morgan fingerprint density at radius 2 is 1.81 bits per heavy atom. The Morgan fingerprint density at radius 3 is 2.33 bits per heavy atom. The number of carbonyl (C=O) groups is 1. The van der Waals surface area contributed by atoms with Crippen LogP contribution >= 0.6 is 0 Å². The topological polar surface area (TPSA) is 32.3 Å². The molecular weight excluding hydrogens is 288 g/mol. The number of hydrogen-bond acceptors (Lipinski definition) is 2. The van der Waals surface area contributed by atoms with Gasteiger partial charge in [-0.2, -0.15) is 13.2 Å². The fourth-order valence-corrected chi connectivity index (χ4v) is 2.55. The molecule has 1 saturated heterocycles. The van der Waals surface area contributed by atoms with Crippen LogP contribution in [-0.4, -0.2) is 36.0 Å². The van der Waals surface area contributed by atoms with Gasteiger partial charge in [0, 0.05) is 30.7 Å². The summed E-state index contributed by atoms with van der Waals surface area (Å²) >= 11 is 0. The van der Waals surface area contributed by atoms with Crippen molar-refractivity contribution in [3.05, 3.63) is 35.1 Å². The van der Waals surface area contributed by atoms with Gasteiger partial charge in [-0.1, -0.05) is 0 Å². The molecule has 2 atom stereocenters. The van der Waals surface area contributed by atoms with Gasteiger partial charge in [0.2, 0.25) is 0 Å². The van der Waals surface area contributed by atoms with E-state index in [1.807, 2.05) is 13.8 Å². The third-order valence-corrected chi connectivity index (χ3v) is 3.36. The largest absolute Gasteiger partial charge is 0.419 e. The average molecular weight is 304 g/mol.